The van der Waals surface area contributed by atoms with Crippen LogP contribution in [0.4, 0.5) is 5.69 Å². The summed E-state index contributed by atoms with van der Waals surface area (Å²) in [4.78, 5) is 24.3. The fourth-order valence-corrected chi connectivity index (χ4v) is 3.92. The average molecular weight is 338 g/mol. The van der Waals surface area contributed by atoms with Gasteiger partial charge in [-0.25, -0.2) is 0 Å². The molecule has 1 fully saturated rings. The van der Waals surface area contributed by atoms with Crippen LogP contribution in [0.25, 0.3) is 0 Å². The molecule has 2 aromatic rings. The first kappa shape index (κ1) is 17.5. The maximum atomic E-state index is 12.8. The third-order valence-electron chi connectivity index (χ3n) is 5.20. The third-order valence-corrected chi connectivity index (χ3v) is 5.20. The Morgan fingerprint density at radius 2 is 1.80 bits per heavy atom. The Kier molecular flexibility index (Phi) is 5.07. The van der Waals surface area contributed by atoms with Crippen LogP contribution in [0.1, 0.15) is 77.2 Å². The lowest BCUT2D eigenvalue weighted by atomic mass is 9.95. The van der Waals surface area contributed by atoms with E-state index in [1.165, 1.54) is 39.0 Å². The Bertz CT molecular complexity index is 798. The van der Waals surface area contributed by atoms with Crippen molar-refractivity contribution in [2.24, 2.45) is 0 Å². The van der Waals surface area contributed by atoms with Gasteiger partial charge in [-0.2, -0.15) is 0 Å². The second kappa shape index (κ2) is 7.26. The van der Waals surface area contributed by atoms with Crippen LogP contribution >= 0.6 is 0 Å². The fourth-order valence-electron chi connectivity index (χ4n) is 3.92. The predicted octanol–water partition coefficient (Wildman–Crippen LogP) is 5.07. The first-order chi connectivity index (χ1) is 12.0. The summed E-state index contributed by atoms with van der Waals surface area (Å²) in [6.07, 6.45) is 6.23. The Morgan fingerprint density at radius 3 is 2.48 bits per heavy atom. The van der Waals surface area contributed by atoms with Crippen molar-refractivity contribution in [1.29, 1.82) is 0 Å². The number of benzene rings is 1. The molecular weight excluding hydrogens is 312 g/mol. The quantitative estimate of drug-likeness (QED) is 0.792. The molecule has 0 aliphatic heterocycles. The number of nitrogens with one attached hydrogen (secondary N) is 1. The number of hydrogen-bond acceptors (Lipinski definition) is 2. The van der Waals surface area contributed by atoms with Crippen LogP contribution in [0.15, 0.2) is 30.3 Å². The van der Waals surface area contributed by atoms with Gasteiger partial charge in [-0.15, -0.1) is 0 Å². The van der Waals surface area contributed by atoms with E-state index in [4.69, 9.17) is 0 Å². The maximum absolute atomic E-state index is 12.8. The zero-order valence-electron chi connectivity index (χ0n) is 15.3. The first-order valence-corrected chi connectivity index (χ1v) is 9.08. The topological polar surface area (TPSA) is 51.1 Å². The molecular formula is C21H26N2O2. The molecule has 0 unspecified atom stereocenters. The molecule has 0 atom stereocenters. The highest BCUT2D eigenvalue weighted by molar-refractivity contribution is 6.06. The molecule has 1 heterocycles. The molecule has 25 heavy (non-hydrogen) atoms. The standard InChI is InChI=1S/C21H26N2O2/c1-14-12-20(15(2)23(14)19-10-5-4-6-11-19)21(25)22-18-9-7-8-17(13-18)16(3)24/h7-9,12-13,19H,4-6,10-11H2,1-3H3,(H,22,25). The van der Waals surface area contributed by atoms with Crippen LogP contribution in [0, 0.1) is 13.8 Å². The van der Waals surface area contributed by atoms with Crippen LogP contribution in [-0.4, -0.2) is 16.3 Å². The SMILES string of the molecule is CC(=O)c1cccc(NC(=O)c2cc(C)n(C3CCCCC3)c2C)c1. The molecule has 0 bridgehead atoms. The molecule has 1 aromatic heterocycles. The van der Waals surface area contributed by atoms with Crippen LogP contribution in [0.3, 0.4) is 0 Å². The summed E-state index contributed by atoms with van der Waals surface area (Å²) in [5.74, 6) is -0.123. The molecule has 0 saturated heterocycles. The van der Waals surface area contributed by atoms with E-state index in [0.29, 0.717) is 17.3 Å². The van der Waals surface area contributed by atoms with Crippen molar-refractivity contribution in [2.45, 2.75) is 58.9 Å². The third kappa shape index (κ3) is 3.68. The summed E-state index contributed by atoms with van der Waals surface area (Å²) in [5, 5.41) is 2.93. The molecule has 1 saturated carbocycles. The summed E-state index contributed by atoms with van der Waals surface area (Å²) in [5.41, 5.74) is 4.15. The normalized spacial score (nSPS) is 15.2. The van der Waals surface area contributed by atoms with Gasteiger partial charge in [0, 0.05) is 28.7 Å². The Labute approximate surface area is 149 Å². The van der Waals surface area contributed by atoms with Gasteiger partial charge in [-0.3, -0.25) is 9.59 Å². The van der Waals surface area contributed by atoms with Crippen LogP contribution < -0.4 is 5.32 Å². The monoisotopic (exact) mass is 338 g/mol. The number of carbonyl (C=O) groups is 2. The van der Waals surface area contributed by atoms with E-state index in [-0.39, 0.29) is 11.7 Å². The van der Waals surface area contributed by atoms with Crippen molar-refractivity contribution in [1.82, 2.24) is 4.57 Å². The largest absolute Gasteiger partial charge is 0.345 e. The number of carbonyl (C=O) groups excluding carboxylic acids is 2. The second-order valence-electron chi connectivity index (χ2n) is 7.04. The van der Waals surface area contributed by atoms with Crippen molar-refractivity contribution in [3.05, 3.63) is 52.8 Å². The number of aryl methyl sites for hydroxylation is 1. The van der Waals surface area contributed by atoms with Gasteiger partial charge in [0.25, 0.3) is 5.91 Å². The molecule has 0 radical (unpaired) electrons. The van der Waals surface area contributed by atoms with Crippen molar-refractivity contribution < 1.29 is 9.59 Å². The number of hydrogen-bond donors (Lipinski definition) is 1. The van der Waals surface area contributed by atoms with Gasteiger partial charge in [-0.1, -0.05) is 31.4 Å². The van der Waals surface area contributed by atoms with Gasteiger partial charge < -0.3 is 9.88 Å². The highest BCUT2D eigenvalue weighted by Crippen LogP contribution is 2.32. The fraction of sp³-hybridized carbons (Fsp3) is 0.429. The molecule has 132 valence electrons. The number of anilines is 1. The molecule has 1 aliphatic carbocycles. The van der Waals surface area contributed by atoms with E-state index >= 15 is 0 Å². The first-order valence-electron chi connectivity index (χ1n) is 9.08. The number of rotatable bonds is 4. The Balaban J connectivity index is 1.83. The Morgan fingerprint density at radius 1 is 1.08 bits per heavy atom. The van der Waals surface area contributed by atoms with Gasteiger partial charge in [0.05, 0.1) is 5.56 Å². The van der Waals surface area contributed by atoms with E-state index in [1.54, 1.807) is 18.2 Å². The molecule has 4 heteroatoms. The van der Waals surface area contributed by atoms with Crippen LogP contribution in [0.2, 0.25) is 0 Å². The van der Waals surface area contributed by atoms with Crippen LogP contribution in [0.5, 0.6) is 0 Å². The van der Waals surface area contributed by atoms with Crippen molar-refractivity contribution in [3.63, 3.8) is 0 Å². The van der Waals surface area contributed by atoms with Crippen LogP contribution in [-0.2, 0) is 0 Å². The van der Waals surface area contributed by atoms with E-state index < -0.39 is 0 Å². The molecule has 4 nitrogen and oxygen atoms in total. The van der Waals surface area contributed by atoms with Gasteiger partial charge in [0.2, 0.25) is 0 Å². The molecule has 1 aromatic carbocycles. The number of ketones is 1. The maximum Gasteiger partial charge on any atom is 0.257 e. The van der Waals surface area contributed by atoms with Gasteiger partial charge in [0.15, 0.2) is 5.78 Å². The average Bonchev–Trinajstić information content (AvgIpc) is 2.90. The van der Waals surface area contributed by atoms with E-state index in [0.717, 1.165) is 17.0 Å². The van der Waals surface area contributed by atoms with Crippen molar-refractivity contribution in [3.8, 4) is 0 Å². The number of aromatic nitrogens is 1. The summed E-state index contributed by atoms with van der Waals surface area (Å²) in [6.45, 7) is 5.63. The molecule has 3 rings (SSSR count). The van der Waals surface area contributed by atoms with Crippen molar-refractivity contribution in [2.75, 3.05) is 5.32 Å². The van der Waals surface area contributed by atoms with Gasteiger partial charge >= 0.3 is 0 Å². The summed E-state index contributed by atoms with van der Waals surface area (Å²) < 4.78 is 2.33. The minimum atomic E-state index is -0.115. The number of nitrogens with zero attached hydrogens (tertiary/aromatic N) is 1. The predicted molar refractivity (Wildman–Crippen MR) is 100 cm³/mol. The number of Topliss-reactive ketones (excluding diaryl/α,β-unsaturated/α-hetero) is 1. The summed E-state index contributed by atoms with van der Waals surface area (Å²) >= 11 is 0. The molecule has 1 N–H and O–H groups in total. The van der Waals surface area contributed by atoms with Gasteiger partial charge in [0.1, 0.15) is 0 Å². The molecule has 0 spiro atoms. The van der Waals surface area contributed by atoms with Crippen molar-refractivity contribution >= 4 is 17.4 Å². The molecule has 1 amide bonds. The lowest BCUT2D eigenvalue weighted by Gasteiger charge is -2.26. The number of amides is 1. The van der Waals surface area contributed by atoms with E-state index in [1.807, 2.05) is 19.1 Å². The smallest absolute Gasteiger partial charge is 0.257 e. The summed E-state index contributed by atoms with van der Waals surface area (Å²) in [7, 11) is 0. The lowest BCUT2D eigenvalue weighted by molar-refractivity contribution is 0.101. The molecule has 1 aliphatic rings. The second-order valence-corrected chi connectivity index (χ2v) is 7.04. The van der Waals surface area contributed by atoms with E-state index in [2.05, 4.69) is 16.8 Å². The highest BCUT2D eigenvalue weighted by Gasteiger charge is 2.22. The Hall–Kier alpha value is -2.36. The zero-order chi connectivity index (χ0) is 18.0. The zero-order valence-corrected chi connectivity index (χ0v) is 15.3. The summed E-state index contributed by atoms with van der Waals surface area (Å²) in [6, 6.07) is 9.57. The van der Waals surface area contributed by atoms with E-state index in [9.17, 15) is 9.59 Å². The minimum Gasteiger partial charge on any atom is -0.345 e. The highest BCUT2D eigenvalue weighted by atomic mass is 16.1. The van der Waals surface area contributed by atoms with Gasteiger partial charge in [-0.05, 0) is 51.8 Å². The minimum absolute atomic E-state index is 0.00780. The lowest BCUT2D eigenvalue weighted by Crippen LogP contribution is -2.17.